The van der Waals surface area contributed by atoms with Crippen LogP contribution >= 0.6 is 0 Å². The summed E-state index contributed by atoms with van der Waals surface area (Å²) in [7, 11) is 0. The number of phenols is 2. The van der Waals surface area contributed by atoms with E-state index in [1.54, 1.807) is 24.3 Å². The minimum atomic E-state index is -0.0469. The van der Waals surface area contributed by atoms with Crippen molar-refractivity contribution in [2.75, 3.05) is 0 Å². The summed E-state index contributed by atoms with van der Waals surface area (Å²) in [5.41, 5.74) is 0.221. The second-order valence-corrected chi connectivity index (χ2v) is 7.76. The van der Waals surface area contributed by atoms with Gasteiger partial charge < -0.3 is 10.2 Å². The van der Waals surface area contributed by atoms with Gasteiger partial charge in [0.05, 0.1) is 0 Å². The van der Waals surface area contributed by atoms with E-state index in [1.807, 2.05) is 72.8 Å². The zero-order valence-corrected chi connectivity index (χ0v) is 19.2. The fraction of sp³-hybridized carbons (Fsp3) is 0. The molecular formula is C28H18CoN2O4. The van der Waals surface area contributed by atoms with Crippen LogP contribution in [0.4, 0.5) is 11.4 Å². The Morgan fingerprint density at radius 2 is 0.629 bits per heavy atom. The van der Waals surface area contributed by atoms with Crippen LogP contribution in [0.2, 0.25) is 0 Å². The molecule has 0 unspecified atom stereocenters. The summed E-state index contributed by atoms with van der Waals surface area (Å²) >= 11 is 0. The first-order chi connectivity index (χ1) is 16.7. The van der Waals surface area contributed by atoms with E-state index in [1.165, 1.54) is 0 Å². The molecule has 6 aromatic carbocycles. The molecule has 0 aliphatic heterocycles. The van der Waals surface area contributed by atoms with Gasteiger partial charge in [0.25, 0.3) is 0 Å². The minimum Gasteiger partial charge on any atom is -0.505 e. The van der Waals surface area contributed by atoms with Gasteiger partial charge >= 0.3 is 0 Å². The van der Waals surface area contributed by atoms with Crippen molar-refractivity contribution in [2.45, 2.75) is 0 Å². The molecule has 6 rings (SSSR count). The number of nitrogens with zero attached hydrogens (tertiary/aromatic N) is 2. The molecule has 0 saturated heterocycles. The van der Waals surface area contributed by atoms with Crippen molar-refractivity contribution in [1.29, 1.82) is 0 Å². The number of hydrogen-bond acceptors (Lipinski definition) is 6. The van der Waals surface area contributed by atoms with Gasteiger partial charge in [-0.15, -0.1) is 9.81 Å². The van der Waals surface area contributed by atoms with Crippen molar-refractivity contribution in [3.8, 4) is 11.5 Å². The van der Waals surface area contributed by atoms with Crippen LogP contribution < -0.4 is 0 Å². The SMILES string of the molecule is O=Nc1c(O)c2ccccc2c2ccccc12.O=Nc1c(O)c2ccccc2c2ccccc12.[Co]. The van der Waals surface area contributed by atoms with Gasteiger partial charge in [-0.1, -0.05) is 97.1 Å². The van der Waals surface area contributed by atoms with Crippen LogP contribution in [-0.4, -0.2) is 10.2 Å². The first-order valence-electron chi connectivity index (χ1n) is 10.6. The van der Waals surface area contributed by atoms with Crippen molar-refractivity contribution >= 4 is 54.5 Å². The molecule has 0 aliphatic rings. The Balaban J connectivity index is 0.000000160. The molecule has 0 atom stereocenters. The molecule has 0 saturated carbocycles. The molecule has 173 valence electrons. The zero-order chi connectivity index (χ0) is 23.7. The molecule has 2 N–H and O–H groups in total. The maximum Gasteiger partial charge on any atom is 0.158 e. The fourth-order valence-electron chi connectivity index (χ4n) is 4.39. The van der Waals surface area contributed by atoms with Crippen LogP contribution in [0.25, 0.3) is 43.1 Å². The smallest absolute Gasteiger partial charge is 0.158 e. The Labute approximate surface area is 210 Å². The van der Waals surface area contributed by atoms with Gasteiger partial charge in [0.15, 0.2) is 22.9 Å². The molecule has 6 nitrogen and oxygen atoms in total. The van der Waals surface area contributed by atoms with E-state index < -0.39 is 0 Å². The number of aromatic hydroxyl groups is 2. The van der Waals surface area contributed by atoms with Crippen molar-refractivity contribution in [3.05, 3.63) is 107 Å². The summed E-state index contributed by atoms with van der Waals surface area (Å²) in [4.78, 5) is 21.7. The van der Waals surface area contributed by atoms with E-state index in [4.69, 9.17) is 0 Å². The average molecular weight is 505 g/mol. The number of benzene rings is 6. The molecule has 6 aromatic rings. The van der Waals surface area contributed by atoms with Crippen molar-refractivity contribution in [3.63, 3.8) is 0 Å². The van der Waals surface area contributed by atoms with E-state index in [2.05, 4.69) is 10.4 Å². The molecule has 0 heterocycles. The first kappa shape index (κ1) is 23.8. The minimum absolute atomic E-state index is 0. The van der Waals surface area contributed by atoms with Crippen LogP contribution in [0.1, 0.15) is 0 Å². The van der Waals surface area contributed by atoms with Crippen LogP contribution in [0.3, 0.4) is 0 Å². The molecular weight excluding hydrogens is 487 g/mol. The number of rotatable bonds is 2. The average Bonchev–Trinajstić information content (AvgIpc) is 2.90. The van der Waals surface area contributed by atoms with Gasteiger partial charge in [-0.2, -0.15) is 0 Å². The molecule has 0 fully saturated rings. The number of nitroso groups, excluding NO2 is 2. The quantitative estimate of drug-likeness (QED) is 0.183. The summed E-state index contributed by atoms with van der Waals surface area (Å²) < 4.78 is 0. The summed E-state index contributed by atoms with van der Waals surface area (Å²) in [6.45, 7) is 0. The standard InChI is InChI=1S/2C14H9NO2.Co/c2*16-14-12-8-4-2-6-10(12)9-5-1-3-7-11(9)13(14)15-17;/h2*1-8,16H;. The summed E-state index contributed by atoms with van der Waals surface area (Å²) in [5.74, 6) is -0.0939. The third kappa shape index (κ3) is 3.97. The first-order valence-corrected chi connectivity index (χ1v) is 10.6. The summed E-state index contributed by atoms with van der Waals surface area (Å²) in [6, 6.07) is 29.8. The normalized spacial score (nSPS) is 10.5. The van der Waals surface area contributed by atoms with Gasteiger partial charge in [0, 0.05) is 38.3 Å². The Kier molecular flexibility index (Phi) is 6.72. The largest absolute Gasteiger partial charge is 0.505 e. The summed E-state index contributed by atoms with van der Waals surface area (Å²) in [5, 5.41) is 32.4. The molecule has 0 aromatic heterocycles. The Morgan fingerprint density at radius 3 is 0.914 bits per heavy atom. The predicted molar refractivity (Wildman–Crippen MR) is 137 cm³/mol. The molecule has 35 heavy (non-hydrogen) atoms. The van der Waals surface area contributed by atoms with E-state index in [9.17, 15) is 20.0 Å². The molecule has 0 aliphatic carbocycles. The van der Waals surface area contributed by atoms with Crippen LogP contribution in [0.15, 0.2) is 107 Å². The Morgan fingerprint density at radius 1 is 0.400 bits per heavy atom. The van der Waals surface area contributed by atoms with Crippen LogP contribution in [-0.2, 0) is 16.8 Å². The van der Waals surface area contributed by atoms with E-state index in [0.29, 0.717) is 21.5 Å². The molecule has 0 bridgehead atoms. The third-order valence-electron chi connectivity index (χ3n) is 5.94. The van der Waals surface area contributed by atoms with Gasteiger partial charge in [-0.05, 0) is 31.9 Å². The molecule has 1 radical (unpaired) electrons. The van der Waals surface area contributed by atoms with Gasteiger partial charge in [0.1, 0.15) is 0 Å². The summed E-state index contributed by atoms with van der Waals surface area (Å²) in [6.07, 6.45) is 0. The molecule has 0 spiro atoms. The number of phenolic OH excluding ortho intramolecular Hbond substituents is 2. The van der Waals surface area contributed by atoms with E-state index in [0.717, 1.165) is 21.5 Å². The topological polar surface area (TPSA) is 99.3 Å². The van der Waals surface area contributed by atoms with Gasteiger partial charge in [-0.3, -0.25) is 0 Å². The van der Waals surface area contributed by atoms with Gasteiger partial charge in [-0.25, -0.2) is 0 Å². The molecule has 0 amide bonds. The Hall–Kier alpha value is -4.33. The van der Waals surface area contributed by atoms with E-state index in [-0.39, 0.29) is 39.7 Å². The van der Waals surface area contributed by atoms with Crippen LogP contribution in [0, 0.1) is 9.81 Å². The van der Waals surface area contributed by atoms with E-state index >= 15 is 0 Å². The predicted octanol–water partition coefficient (Wildman–Crippen LogP) is 8.19. The van der Waals surface area contributed by atoms with Crippen molar-refractivity contribution in [2.24, 2.45) is 10.4 Å². The second-order valence-electron chi connectivity index (χ2n) is 7.76. The van der Waals surface area contributed by atoms with Crippen LogP contribution in [0.5, 0.6) is 11.5 Å². The van der Waals surface area contributed by atoms with Crippen molar-refractivity contribution < 1.29 is 27.0 Å². The third-order valence-corrected chi connectivity index (χ3v) is 5.94. The Bertz CT molecular complexity index is 1600. The number of hydrogen-bond donors (Lipinski definition) is 2. The maximum atomic E-state index is 10.9. The van der Waals surface area contributed by atoms with Gasteiger partial charge in [0.2, 0.25) is 0 Å². The molecule has 7 heteroatoms. The van der Waals surface area contributed by atoms with Crippen molar-refractivity contribution in [1.82, 2.24) is 0 Å². The monoisotopic (exact) mass is 505 g/mol. The fourth-order valence-corrected chi connectivity index (χ4v) is 4.39. The zero-order valence-electron chi connectivity index (χ0n) is 18.2. The number of fused-ring (bicyclic) bond motifs is 6. The maximum absolute atomic E-state index is 10.9. The second kappa shape index (κ2) is 9.88.